The lowest BCUT2D eigenvalue weighted by Gasteiger charge is -2.37. The van der Waals surface area contributed by atoms with Gasteiger partial charge in [-0.3, -0.25) is 9.67 Å². The zero-order valence-corrected chi connectivity index (χ0v) is 17.8. The van der Waals surface area contributed by atoms with Crippen LogP contribution in [0.15, 0.2) is 24.7 Å². The van der Waals surface area contributed by atoms with Crippen molar-refractivity contribution in [2.45, 2.75) is 12.5 Å². The smallest absolute Gasteiger partial charge is 0.410 e. The number of allylic oxidation sites excluding steroid dienone is 1. The van der Waals surface area contributed by atoms with E-state index in [4.69, 9.17) is 9.47 Å². The summed E-state index contributed by atoms with van der Waals surface area (Å²) in [4.78, 5) is 21.0. The molecule has 2 saturated heterocycles. The Balaban J connectivity index is 1.33. The fourth-order valence-corrected chi connectivity index (χ4v) is 4.76. The van der Waals surface area contributed by atoms with Crippen molar-refractivity contribution < 1.29 is 14.3 Å². The average Bonchev–Trinajstić information content (AvgIpc) is 3.28. The summed E-state index contributed by atoms with van der Waals surface area (Å²) < 4.78 is 13.4. The van der Waals surface area contributed by atoms with Crippen LogP contribution < -0.4 is 4.90 Å². The molecule has 2 aromatic heterocycles. The molecule has 0 unspecified atom stereocenters. The van der Waals surface area contributed by atoms with Gasteiger partial charge >= 0.3 is 6.09 Å². The van der Waals surface area contributed by atoms with E-state index in [-0.39, 0.29) is 12.2 Å². The molecule has 0 bridgehead atoms. The molecule has 0 radical (unpaired) electrons. The number of amides is 1. The van der Waals surface area contributed by atoms with Gasteiger partial charge < -0.3 is 19.3 Å². The maximum atomic E-state index is 12.3. The molecule has 5 rings (SSSR count). The van der Waals surface area contributed by atoms with Gasteiger partial charge in [-0.2, -0.15) is 5.10 Å². The molecule has 0 N–H and O–H groups in total. The Hall–Kier alpha value is -2.39. The van der Waals surface area contributed by atoms with Gasteiger partial charge in [-0.15, -0.1) is 0 Å². The van der Waals surface area contributed by atoms with Gasteiger partial charge in [0, 0.05) is 73.3 Å². The van der Waals surface area contributed by atoms with Crippen LogP contribution in [0.4, 0.5) is 10.5 Å². The van der Waals surface area contributed by atoms with Crippen LogP contribution in [-0.2, 0) is 22.9 Å². The van der Waals surface area contributed by atoms with Crippen molar-refractivity contribution in [3.05, 3.63) is 41.5 Å². The summed E-state index contributed by atoms with van der Waals surface area (Å²) >= 11 is 3.82. The van der Waals surface area contributed by atoms with Crippen LogP contribution in [0, 0.1) is 0 Å². The molecule has 2 aliphatic heterocycles. The number of fused-ring (bicyclic) bond motifs is 1. The first-order valence-corrected chi connectivity index (χ1v) is 10.5. The van der Waals surface area contributed by atoms with E-state index in [0.717, 1.165) is 46.5 Å². The van der Waals surface area contributed by atoms with Crippen molar-refractivity contribution in [1.29, 1.82) is 0 Å². The number of halogens is 1. The normalized spacial score (nSPS) is 19.4. The molecular formula is C20H22BrN5O3. The van der Waals surface area contributed by atoms with E-state index in [2.05, 4.69) is 37.0 Å². The first kappa shape index (κ1) is 18.6. The van der Waals surface area contributed by atoms with Crippen LogP contribution in [0.3, 0.4) is 0 Å². The number of anilines is 1. The van der Waals surface area contributed by atoms with Gasteiger partial charge in [0.25, 0.3) is 0 Å². The number of pyridine rings is 1. The Kier molecular flexibility index (Phi) is 4.79. The number of aryl methyl sites for hydroxylation is 1. The molecule has 0 saturated carbocycles. The molecule has 9 heteroatoms. The third-order valence-electron chi connectivity index (χ3n) is 5.64. The Morgan fingerprint density at radius 1 is 1.28 bits per heavy atom. The highest BCUT2D eigenvalue weighted by atomic mass is 79.9. The van der Waals surface area contributed by atoms with Gasteiger partial charge in [-0.25, -0.2) is 4.79 Å². The number of piperazine rings is 1. The average molecular weight is 460 g/mol. The molecule has 2 aromatic rings. The maximum Gasteiger partial charge on any atom is 0.410 e. The molecule has 4 heterocycles. The lowest BCUT2D eigenvalue weighted by molar-refractivity contribution is -0.104. The first-order valence-electron chi connectivity index (χ1n) is 9.74. The van der Waals surface area contributed by atoms with Crippen LogP contribution in [0.5, 0.6) is 0 Å². The Morgan fingerprint density at radius 3 is 2.72 bits per heavy atom. The molecule has 152 valence electrons. The number of carbonyl (C=O) groups excluding carboxylic acids is 1. The van der Waals surface area contributed by atoms with E-state index in [1.165, 1.54) is 5.57 Å². The van der Waals surface area contributed by atoms with Crippen molar-refractivity contribution in [2.75, 3.05) is 44.3 Å². The second-order valence-electron chi connectivity index (χ2n) is 7.54. The molecule has 0 aromatic carbocycles. The second kappa shape index (κ2) is 7.46. The van der Waals surface area contributed by atoms with Gasteiger partial charge in [-0.1, -0.05) is 0 Å². The Labute approximate surface area is 177 Å². The van der Waals surface area contributed by atoms with E-state index in [1.54, 1.807) is 4.90 Å². The fourth-order valence-electron chi connectivity index (χ4n) is 3.96. The molecule has 2 fully saturated rings. The van der Waals surface area contributed by atoms with E-state index in [1.807, 2.05) is 30.3 Å². The lowest BCUT2D eigenvalue weighted by atomic mass is 10.1. The molecule has 29 heavy (non-hydrogen) atoms. The number of hydrogen-bond donors (Lipinski definition) is 0. The summed E-state index contributed by atoms with van der Waals surface area (Å²) in [5.74, 6) is 0. The van der Waals surface area contributed by atoms with Crippen molar-refractivity contribution in [2.24, 2.45) is 7.05 Å². The molecule has 1 aliphatic carbocycles. The minimum Gasteiger partial charge on any atom is -0.441 e. The molecule has 8 nitrogen and oxygen atoms in total. The third-order valence-corrected chi connectivity index (χ3v) is 6.52. The predicted octanol–water partition coefficient (Wildman–Crippen LogP) is 2.29. The quantitative estimate of drug-likeness (QED) is 0.700. The van der Waals surface area contributed by atoms with Crippen molar-refractivity contribution in [3.63, 3.8) is 0 Å². The largest absolute Gasteiger partial charge is 0.441 e. The van der Waals surface area contributed by atoms with E-state index in [0.29, 0.717) is 26.3 Å². The van der Waals surface area contributed by atoms with Crippen LogP contribution >= 0.6 is 15.9 Å². The number of aromatic nitrogens is 3. The SMILES string of the molecule is Cn1cc(C2=C(Br)c3c(N4CCN(C(=O)OC5COC5)CC4)ccnc3C2)cn1. The lowest BCUT2D eigenvalue weighted by Crippen LogP contribution is -2.51. The van der Waals surface area contributed by atoms with Gasteiger partial charge in [0.05, 0.1) is 25.1 Å². The third kappa shape index (κ3) is 3.42. The number of carbonyl (C=O) groups is 1. The zero-order chi connectivity index (χ0) is 20.0. The first-order chi connectivity index (χ1) is 14.1. The number of hydrogen-bond acceptors (Lipinski definition) is 6. The van der Waals surface area contributed by atoms with Gasteiger partial charge in [0.15, 0.2) is 6.10 Å². The number of ether oxygens (including phenoxy) is 2. The van der Waals surface area contributed by atoms with Crippen LogP contribution in [0.1, 0.15) is 16.8 Å². The molecule has 0 spiro atoms. The van der Waals surface area contributed by atoms with E-state index >= 15 is 0 Å². The summed E-state index contributed by atoms with van der Waals surface area (Å²) in [5.41, 5.74) is 5.68. The van der Waals surface area contributed by atoms with Crippen molar-refractivity contribution in [1.82, 2.24) is 19.7 Å². The molecule has 3 aliphatic rings. The highest BCUT2D eigenvalue weighted by Crippen LogP contribution is 2.45. The molecule has 0 atom stereocenters. The minimum atomic E-state index is -0.238. The molecular weight excluding hydrogens is 438 g/mol. The monoisotopic (exact) mass is 459 g/mol. The summed E-state index contributed by atoms with van der Waals surface area (Å²) in [6.07, 6.45) is 6.25. The highest BCUT2D eigenvalue weighted by molar-refractivity contribution is 9.15. The molecule has 1 amide bonds. The van der Waals surface area contributed by atoms with Gasteiger partial charge in [-0.05, 0) is 27.6 Å². The highest BCUT2D eigenvalue weighted by Gasteiger charge is 2.31. The predicted molar refractivity (Wildman–Crippen MR) is 112 cm³/mol. The van der Waals surface area contributed by atoms with E-state index < -0.39 is 0 Å². The van der Waals surface area contributed by atoms with Crippen LogP contribution in [-0.4, -0.2) is 71.3 Å². The summed E-state index contributed by atoms with van der Waals surface area (Å²) in [6, 6.07) is 2.06. The number of nitrogens with zero attached hydrogens (tertiary/aromatic N) is 5. The topological polar surface area (TPSA) is 72.7 Å². The minimum absolute atomic E-state index is 0.0870. The standard InChI is InChI=1S/C20H22BrN5O3/c1-24-10-13(9-23-24)15-8-16-18(19(15)21)17(2-3-22-16)25-4-6-26(7-5-25)20(27)29-14-11-28-12-14/h2-3,9-10,14H,4-8,11-12H2,1H3. The summed E-state index contributed by atoms with van der Waals surface area (Å²) in [6.45, 7) is 3.81. The summed E-state index contributed by atoms with van der Waals surface area (Å²) in [5, 5.41) is 4.30. The number of rotatable bonds is 3. The maximum absolute atomic E-state index is 12.3. The van der Waals surface area contributed by atoms with Gasteiger partial charge in [0.2, 0.25) is 0 Å². The van der Waals surface area contributed by atoms with Crippen molar-refractivity contribution >= 4 is 37.8 Å². The Bertz CT molecular complexity index is 976. The summed E-state index contributed by atoms with van der Waals surface area (Å²) in [7, 11) is 1.92. The van der Waals surface area contributed by atoms with E-state index in [9.17, 15) is 4.79 Å². The zero-order valence-electron chi connectivity index (χ0n) is 16.2. The van der Waals surface area contributed by atoms with Crippen LogP contribution in [0.25, 0.3) is 10.1 Å². The second-order valence-corrected chi connectivity index (χ2v) is 8.33. The van der Waals surface area contributed by atoms with Crippen molar-refractivity contribution in [3.8, 4) is 0 Å². The van der Waals surface area contributed by atoms with Gasteiger partial charge in [0.1, 0.15) is 0 Å². The van der Waals surface area contributed by atoms with Crippen LogP contribution in [0.2, 0.25) is 0 Å². The Morgan fingerprint density at radius 2 is 2.07 bits per heavy atom. The fraction of sp³-hybridized carbons (Fsp3) is 0.450.